The quantitative estimate of drug-likeness (QED) is 0.460. The summed E-state index contributed by atoms with van der Waals surface area (Å²) in [6.07, 6.45) is 8.98. The second-order valence-corrected chi connectivity index (χ2v) is 10.8. The van der Waals surface area contributed by atoms with Crippen LogP contribution in [0.3, 0.4) is 0 Å². The Morgan fingerprint density at radius 3 is 2.49 bits per heavy atom. The van der Waals surface area contributed by atoms with E-state index >= 15 is 0 Å². The van der Waals surface area contributed by atoms with Crippen molar-refractivity contribution >= 4 is 17.4 Å². The van der Waals surface area contributed by atoms with Crippen LogP contribution in [0.2, 0.25) is 0 Å². The molecule has 2 aliphatic rings. The van der Waals surface area contributed by atoms with E-state index in [0.29, 0.717) is 18.2 Å². The molecule has 1 aromatic heterocycles. The third-order valence-corrected chi connectivity index (χ3v) is 7.85. The van der Waals surface area contributed by atoms with Crippen LogP contribution in [0.1, 0.15) is 61.2 Å². The Morgan fingerprint density at radius 1 is 1.18 bits per heavy atom. The molecule has 1 amide bonds. The number of carbonyl (C=O) groups excluding carboxylic acids is 2. The number of piperidine rings is 1. The summed E-state index contributed by atoms with van der Waals surface area (Å²) in [7, 11) is 0. The molecule has 0 bridgehead atoms. The molecule has 1 aromatic carbocycles. The van der Waals surface area contributed by atoms with E-state index in [1.54, 1.807) is 6.92 Å². The molecule has 0 radical (unpaired) electrons. The van der Waals surface area contributed by atoms with Gasteiger partial charge in [-0.15, -0.1) is 0 Å². The van der Waals surface area contributed by atoms with Gasteiger partial charge in [-0.3, -0.25) is 14.5 Å². The normalized spacial score (nSPS) is 22.0. The van der Waals surface area contributed by atoms with Crippen LogP contribution in [0.15, 0.2) is 48.6 Å². The molecule has 1 aliphatic heterocycles. The van der Waals surface area contributed by atoms with Gasteiger partial charge in [0.15, 0.2) is 11.4 Å². The van der Waals surface area contributed by atoms with Gasteiger partial charge in [0.1, 0.15) is 5.82 Å². The van der Waals surface area contributed by atoms with Crippen molar-refractivity contribution in [2.45, 2.75) is 52.5 Å². The molecule has 1 fully saturated rings. The van der Waals surface area contributed by atoms with E-state index in [-0.39, 0.29) is 35.6 Å². The fourth-order valence-corrected chi connectivity index (χ4v) is 5.76. The largest absolute Gasteiger partial charge is 0.504 e. The van der Waals surface area contributed by atoms with Gasteiger partial charge in [0.2, 0.25) is 0 Å². The highest BCUT2D eigenvalue weighted by atomic mass is 16.7. The number of hydrogen-bond acceptors (Lipinski definition) is 8. The van der Waals surface area contributed by atoms with Crippen LogP contribution >= 0.6 is 0 Å². The lowest BCUT2D eigenvalue weighted by Crippen LogP contribution is -2.59. The molecule has 1 aliphatic carbocycles. The molecule has 3 N–H and O–H groups in total. The zero-order chi connectivity index (χ0) is 28.2. The number of aliphatic hydroxyl groups excluding tert-OH is 1. The maximum Gasteiger partial charge on any atom is 0.329 e. The Hall–Kier alpha value is -3.56. The smallest absolute Gasteiger partial charge is 0.329 e. The number of hydrogen-bond donors (Lipinski definition) is 3. The highest BCUT2D eigenvalue weighted by Gasteiger charge is 2.44. The summed E-state index contributed by atoms with van der Waals surface area (Å²) in [5.41, 5.74) is 3.96. The lowest BCUT2D eigenvalue weighted by molar-refractivity contribution is -0.146. The number of nitrogens with zero attached hydrogens (tertiary/aromatic N) is 3. The number of aromatic hydroxyl groups is 1. The zero-order valence-electron chi connectivity index (χ0n) is 23.1. The van der Waals surface area contributed by atoms with Crippen LogP contribution in [0, 0.1) is 24.7 Å². The maximum atomic E-state index is 12.4. The second-order valence-electron chi connectivity index (χ2n) is 10.8. The van der Waals surface area contributed by atoms with Crippen molar-refractivity contribution in [2.75, 3.05) is 19.7 Å². The lowest BCUT2D eigenvalue weighted by Gasteiger charge is -2.50. The molecule has 9 heteroatoms. The molecular weight excluding hydrogens is 496 g/mol. The van der Waals surface area contributed by atoms with Crippen LogP contribution < -0.4 is 5.48 Å². The fraction of sp³-hybridized carbons (Fsp3) is 0.467. The lowest BCUT2D eigenvalue weighted by atomic mass is 9.70. The number of aryl methyl sites for hydroxylation is 1. The summed E-state index contributed by atoms with van der Waals surface area (Å²) < 4.78 is 0. The summed E-state index contributed by atoms with van der Waals surface area (Å²) in [4.78, 5) is 39.0. The Kier molecular flexibility index (Phi) is 8.82. The minimum atomic E-state index is -0.805. The van der Waals surface area contributed by atoms with Gasteiger partial charge in [-0.1, -0.05) is 62.4 Å². The molecule has 1 saturated heterocycles. The molecule has 2 unspecified atom stereocenters. The molecule has 39 heavy (non-hydrogen) atoms. The first kappa shape index (κ1) is 28.4. The maximum absolute atomic E-state index is 12.4. The number of aromatic nitrogens is 2. The molecule has 0 spiro atoms. The number of allylic oxidation sites excluding steroid dienone is 2. The first-order valence-electron chi connectivity index (χ1n) is 13.5. The number of likely N-dealkylation sites (tertiary alicyclic amines) is 1. The van der Waals surface area contributed by atoms with E-state index in [0.717, 1.165) is 32.9 Å². The molecule has 2 heterocycles. The average molecular weight is 535 g/mol. The molecule has 2 aromatic rings. The van der Waals surface area contributed by atoms with E-state index < -0.39 is 17.4 Å². The summed E-state index contributed by atoms with van der Waals surface area (Å²) in [6, 6.07) is 10.3. The van der Waals surface area contributed by atoms with Gasteiger partial charge >= 0.3 is 11.9 Å². The average Bonchev–Trinajstić information content (AvgIpc) is 2.94. The number of nitrogens with one attached hydrogen (secondary N) is 1. The van der Waals surface area contributed by atoms with Crippen molar-refractivity contribution in [3.8, 4) is 5.75 Å². The zero-order valence-corrected chi connectivity index (χ0v) is 23.1. The molecule has 208 valence electrons. The van der Waals surface area contributed by atoms with Crippen molar-refractivity contribution in [3.05, 3.63) is 71.3 Å². The second kappa shape index (κ2) is 12.1. The van der Waals surface area contributed by atoms with Gasteiger partial charge < -0.3 is 15.1 Å². The van der Waals surface area contributed by atoms with E-state index in [9.17, 15) is 19.8 Å². The van der Waals surface area contributed by atoms with Crippen molar-refractivity contribution in [3.63, 3.8) is 0 Å². The number of amides is 1. The highest BCUT2D eigenvalue weighted by Crippen LogP contribution is 2.41. The topological polar surface area (TPSA) is 125 Å². The Balaban J connectivity index is 1.46. The summed E-state index contributed by atoms with van der Waals surface area (Å²) in [5.74, 6) is -0.590. The third kappa shape index (κ3) is 6.20. The van der Waals surface area contributed by atoms with E-state index in [1.807, 2.05) is 23.7 Å². The monoisotopic (exact) mass is 534 g/mol. The van der Waals surface area contributed by atoms with Crippen LogP contribution in [0.5, 0.6) is 5.75 Å². The number of rotatable bonds is 7. The van der Waals surface area contributed by atoms with Gasteiger partial charge in [-0.05, 0) is 55.8 Å². The van der Waals surface area contributed by atoms with Gasteiger partial charge in [-0.2, -0.15) is 5.48 Å². The van der Waals surface area contributed by atoms with Crippen molar-refractivity contribution in [1.29, 1.82) is 0 Å². The Labute approximate surface area is 229 Å². The number of hydroxylamine groups is 1. The van der Waals surface area contributed by atoms with Gasteiger partial charge in [0, 0.05) is 19.3 Å². The molecule has 0 saturated carbocycles. The van der Waals surface area contributed by atoms with Crippen molar-refractivity contribution < 1.29 is 24.6 Å². The predicted octanol–water partition coefficient (Wildman–Crippen LogP) is 3.61. The van der Waals surface area contributed by atoms with Gasteiger partial charge in [-0.25, -0.2) is 9.97 Å². The first-order valence-corrected chi connectivity index (χ1v) is 13.5. The molecule has 2 atom stereocenters. The number of benzene rings is 1. The number of carbonyl (C=O) groups is 2. The van der Waals surface area contributed by atoms with Crippen molar-refractivity contribution in [1.82, 2.24) is 20.3 Å². The van der Waals surface area contributed by atoms with Crippen molar-refractivity contribution in [2.24, 2.45) is 17.8 Å². The molecular formula is C30H38N4O5. The Bertz CT molecular complexity index is 1250. The van der Waals surface area contributed by atoms with E-state index in [2.05, 4.69) is 63.9 Å². The number of aliphatic hydroxyl groups is 1. The predicted molar refractivity (Wildman–Crippen MR) is 147 cm³/mol. The summed E-state index contributed by atoms with van der Waals surface area (Å²) in [5, 5.41) is 21.0. The van der Waals surface area contributed by atoms with Crippen LogP contribution in [0.4, 0.5) is 0 Å². The SMILES string of the molecule is CC(=O)ONC(=O)c1nc(CC2CCN(C3(CO)C=CC(c4ccccc4)=CC3C(C)C)CC2)nc(C)c1O. The minimum absolute atomic E-state index is 0.0383. The minimum Gasteiger partial charge on any atom is -0.504 e. The fourth-order valence-electron chi connectivity index (χ4n) is 5.76. The first-order chi connectivity index (χ1) is 18.6. The third-order valence-electron chi connectivity index (χ3n) is 7.85. The van der Waals surface area contributed by atoms with E-state index in [1.165, 1.54) is 11.1 Å². The van der Waals surface area contributed by atoms with Gasteiger partial charge in [0.25, 0.3) is 0 Å². The van der Waals surface area contributed by atoms with Crippen LogP contribution in [0.25, 0.3) is 5.57 Å². The molecule has 9 nitrogen and oxygen atoms in total. The van der Waals surface area contributed by atoms with Crippen LogP contribution in [-0.4, -0.2) is 62.2 Å². The summed E-state index contributed by atoms with van der Waals surface area (Å²) >= 11 is 0. The van der Waals surface area contributed by atoms with E-state index in [4.69, 9.17) is 0 Å². The summed E-state index contributed by atoms with van der Waals surface area (Å²) in [6.45, 7) is 8.84. The molecule has 4 rings (SSSR count). The standard InChI is InChI=1S/C30H38N4O5/c1-19(2)25-17-24(23-8-6-5-7-9-23)10-13-30(25,18-35)34-14-11-22(12-15-34)16-26-31-20(3)28(37)27(32-26)29(38)33-39-21(4)36/h5-10,13,17,19,22,25,35,37H,11-12,14-16,18H2,1-4H3,(H,33,38). The van der Waals surface area contributed by atoms with Crippen LogP contribution in [-0.2, 0) is 16.1 Å². The highest BCUT2D eigenvalue weighted by molar-refractivity contribution is 5.95. The van der Waals surface area contributed by atoms with Gasteiger partial charge in [0.05, 0.1) is 17.8 Å². The Morgan fingerprint density at radius 2 is 1.87 bits per heavy atom.